The van der Waals surface area contributed by atoms with Gasteiger partial charge in [-0.1, -0.05) is 18.2 Å². The second-order valence-electron chi connectivity index (χ2n) is 9.58. The lowest BCUT2D eigenvalue weighted by molar-refractivity contribution is -0.149. The summed E-state index contributed by atoms with van der Waals surface area (Å²) in [6, 6.07) is 13.6. The van der Waals surface area contributed by atoms with Gasteiger partial charge in [-0.15, -0.1) is 0 Å². The Balaban J connectivity index is 1.36. The van der Waals surface area contributed by atoms with Crippen LogP contribution >= 0.6 is 0 Å². The Bertz CT molecular complexity index is 1000. The lowest BCUT2D eigenvalue weighted by Gasteiger charge is -2.38. The standard InChI is InChI=1S/C26H32N2O5/c1-26(2,3)33-25(30)28-13-11-19(12-14-28)24-31-16-21-15-20(9-10-22(21)32-24)17-5-7-18(8-6-17)23(29)27-4/h5-10,15,19,24H,11-14,16H2,1-4H3,(H,27,29). The van der Waals surface area contributed by atoms with Gasteiger partial charge in [-0.25, -0.2) is 4.79 Å². The van der Waals surface area contributed by atoms with Crippen molar-refractivity contribution in [3.63, 3.8) is 0 Å². The normalized spacial score (nSPS) is 18.8. The Hall–Kier alpha value is -3.06. The minimum Gasteiger partial charge on any atom is -0.464 e. The zero-order valence-corrected chi connectivity index (χ0v) is 19.7. The Kier molecular flexibility index (Phi) is 6.61. The molecule has 0 aliphatic carbocycles. The topological polar surface area (TPSA) is 77.1 Å². The van der Waals surface area contributed by atoms with Gasteiger partial charge in [0.15, 0.2) is 0 Å². The molecule has 1 unspecified atom stereocenters. The molecule has 2 heterocycles. The van der Waals surface area contributed by atoms with E-state index in [1.54, 1.807) is 11.9 Å². The van der Waals surface area contributed by atoms with Gasteiger partial charge in [0.25, 0.3) is 5.91 Å². The smallest absolute Gasteiger partial charge is 0.410 e. The van der Waals surface area contributed by atoms with Gasteiger partial charge in [0.1, 0.15) is 11.4 Å². The molecule has 0 aromatic heterocycles. The van der Waals surface area contributed by atoms with Crippen molar-refractivity contribution < 1.29 is 23.8 Å². The predicted octanol–water partition coefficient (Wildman–Crippen LogP) is 4.60. The van der Waals surface area contributed by atoms with Crippen LogP contribution in [0.25, 0.3) is 11.1 Å². The number of ether oxygens (including phenoxy) is 3. The molecule has 2 amide bonds. The molecule has 1 N–H and O–H groups in total. The maximum Gasteiger partial charge on any atom is 0.410 e. The lowest BCUT2D eigenvalue weighted by Crippen LogP contribution is -2.45. The van der Waals surface area contributed by atoms with Crippen molar-refractivity contribution in [3.8, 4) is 16.9 Å². The van der Waals surface area contributed by atoms with Crippen LogP contribution in [0.1, 0.15) is 49.5 Å². The number of likely N-dealkylation sites (tertiary alicyclic amines) is 1. The molecular formula is C26H32N2O5. The fraction of sp³-hybridized carbons (Fsp3) is 0.462. The summed E-state index contributed by atoms with van der Waals surface area (Å²) in [6.07, 6.45) is 1.06. The molecule has 7 nitrogen and oxygen atoms in total. The first-order valence-corrected chi connectivity index (χ1v) is 11.4. The summed E-state index contributed by atoms with van der Waals surface area (Å²) in [6.45, 7) is 7.40. The molecule has 0 bridgehead atoms. The van der Waals surface area contributed by atoms with Crippen LogP contribution in [-0.4, -0.2) is 48.9 Å². The molecule has 176 valence electrons. The summed E-state index contributed by atoms with van der Waals surface area (Å²) < 4.78 is 17.7. The Morgan fingerprint density at radius 2 is 1.70 bits per heavy atom. The number of carbonyl (C=O) groups excluding carboxylic acids is 2. The fourth-order valence-corrected chi connectivity index (χ4v) is 4.19. The van der Waals surface area contributed by atoms with Crippen molar-refractivity contribution in [1.29, 1.82) is 0 Å². The SMILES string of the molecule is CNC(=O)c1ccc(-c2ccc3c(c2)COC(C2CCN(C(=O)OC(C)(C)C)CC2)O3)cc1. The van der Waals surface area contributed by atoms with E-state index in [1.165, 1.54) is 0 Å². The minimum absolute atomic E-state index is 0.100. The number of nitrogens with zero attached hydrogens (tertiary/aromatic N) is 1. The lowest BCUT2D eigenvalue weighted by atomic mass is 9.95. The number of carbonyl (C=O) groups is 2. The molecule has 0 spiro atoms. The Morgan fingerprint density at radius 3 is 2.33 bits per heavy atom. The molecule has 0 radical (unpaired) electrons. The predicted molar refractivity (Wildman–Crippen MR) is 125 cm³/mol. The van der Waals surface area contributed by atoms with Gasteiger partial charge >= 0.3 is 6.09 Å². The van der Waals surface area contributed by atoms with Crippen LogP contribution < -0.4 is 10.1 Å². The maximum atomic E-state index is 12.3. The van der Waals surface area contributed by atoms with Crippen molar-refractivity contribution in [3.05, 3.63) is 53.6 Å². The second kappa shape index (κ2) is 9.43. The highest BCUT2D eigenvalue weighted by Crippen LogP contribution is 2.35. The Labute approximate surface area is 195 Å². The molecule has 7 heteroatoms. The van der Waals surface area contributed by atoms with Crippen LogP contribution in [0.3, 0.4) is 0 Å². The van der Waals surface area contributed by atoms with Gasteiger partial charge in [0, 0.05) is 37.2 Å². The average Bonchev–Trinajstić information content (AvgIpc) is 2.82. The summed E-state index contributed by atoms with van der Waals surface area (Å²) in [4.78, 5) is 25.8. The number of fused-ring (bicyclic) bond motifs is 1. The highest BCUT2D eigenvalue weighted by molar-refractivity contribution is 5.94. The fourth-order valence-electron chi connectivity index (χ4n) is 4.19. The third-order valence-corrected chi connectivity index (χ3v) is 5.99. The van der Waals surface area contributed by atoms with Crippen molar-refractivity contribution in [2.75, 3.05) is 20.1 Å². The zero-order valence-electron chi connectivity index (χ0n) is 19.7. The van der Waals surface area contributed by atoms with Gasteiger partial charge in [0.05, 0.1) is 6.61 Å². The summed E-state index contributed by atoms with van der Waals surface area (Å²) >= 11 is 0. The molecule has 2 aliphatic heterocycles. The summed E-state index contributed by atoms with van der Waals surface area (Å²) in [7, 11) is 1.62. The van der Waals surface area contributed by atoms with E-state index >= 15 is 0 Å². The van der Waals surface area contributed by atoms with E-state index in [9.17, 15) is 9.59 Å². The second-order valence-corrected chi connectivity index (χ2v) is 9.58. The van der Waals surface area contributed by atoms with Gasteiger partial charge in [-0.05, 0) is 69.0 Å². The average molecular weight is 453 g/mol. The van der Waals surface area contributed by atoms with E-state index in [2.05, 4.69) is 11.4 Å². The van der Waals surface area contributed by atoms with Crippen LogP contribution in [0.15, 0.2) is 42.5 Å². The molecule has 2 aromatic carbocycles. The van der Waals surface area contributed by atoms with E-state index in [-0.39, 0.29) is 24.2 Å². The third-order valence-electron chi connectivity index (χ3n) is 5.99. The van der Waals surface area contributed by atoms with Crippen molar-refractivity contribution in [2.45, 2.75) is 52.1 Å². The molecular weight excluding hydrogens is 420 g/mol. The summed E-state index contributed by atoms with van der Waals surface area (Å²) in [5.41, 5.74) is 3.23. The van der Waals surface area contributed by atoms with E-state index in [1.807, 2.05) is 57.2 Å². The maximum absolute atomic E-state index is 12.3. The third kappa shape index (κ3) is 5.47. The first-order valence-electron chi connectivity index (χ1n) is 11.4. The number of nitrogens with one attached hydrogen (secondary N) is 1. The molecule has 4 rings (SSSR count). The van der Waals surface area contributed by atoms with Crippen molar-refractivity contribution in [2.24, 2.45) is 5.92 Å². The first kappa shape index (κ1) is 23.1. The molecule has 2 aliphatic rings. The van der Waals surface area contributed by atoms with Crippen LogP contribution in [0.4, 0.5) is 4.79 Å². The number of hydrogen-bond acceptors (Lipinski definition) is 5. The molecule has 1 saturated heterocycles. The highest BCUT2D eigenvalue weighted by Gasteiger charge is 2.34. The molecule has 0 saturated carbocycles. The highest BCUT2D eigenvalue weighted by atomic mass is 16.7. The van der Waals surface area contributed by atoms with E-state index in [0.29, 0.717) is 25.3 Å². The van der Waals surface area contributed by atoms with Crippen LogP contribution in [0.2, 0.25) is 0 Å². The van der Waals surface area contributed by atoms with Crippen LogP contribution in [-0.2, 0) is 16.1 Å². The Morgan fingerprint density at radius 1 is 1.03 bits per heavy atom. The zero-order chi connectivity index (χ0) is 23.6. The van der Waals surface area contributed by atoms with Crippen molar-refractivity contribution in [1.82, 2.24) is 10.2 Å². The molecule has 2 aromatic rings. The quantitative estimate of drug-likeness (QED) is 0.737. The number of amides is 2. The molecule has 1 fully saturated rings. The summed E-state index contributed by atoms with van der Waals surface area (Å²) in [5, 5.41) is 2.63. The minimum atomic E-state index is -0.488. The van der Waals surface area contributed by atoms with Gasteiger partial charge in [-0.3, -0.25) is 4.79 Å². The van der Waals surface area contributed by atoms with Gasteiger partial charge in [0.2, 0.25) is 6.29 Å². The van der Waals surface area contributed by atoms with Gasteiger partial charge in [-0.2, -0.15) is 0 Å². The van der Waals surface area contributed by atoms with Crippen LogP contribution in [0.5, 0.6) is 5.75 Å². The first-order chi connectivity index (χ1) is 15.7. The van der Waals surface area contributed by atoms with Gasteiger partial charge < -0.3 is 24.4 Å². The number of hydrogen-bond donors (Lipinski definition) is 1. The van der Waals surface area contributed by atoms with Crippen LogP contribution in [0, 0.1) is 5.92 Å². The summed E-state index contributed by atoms with van der Waals surface area (Å²) in [5.74, 6) is 0.970. The molecule has 1 atom stereocenters. The number of piperidine rings is 1. The van der Waals surface area contributed by atoms with Crippen molar-refractivity contribution >= 4 is 12.0 Å². The van der Waals surface area contributed by atoms with E-state index in [0.717, 1.165) is 35.3 Å². The molecule has 33 heavy (non-hydrogen) atoms. The van der Waals surface area contributed by atoms with E-state index in [4.69, 9.17) is 14.2 Å². The largest absolute Gasteiger partial charge is 0.464 e. The number of rotatable bonds is 3. The number of benzene rings is 2. The van der Waals surface area contributed by atoms with E-state index < -0.39 is 5.60 Å². The monoisotopic (exact) mass is 452 g/mol.